The van der Waals surface area contributed by atoms with Gasteiger partial charge in [0.25, 0.3) is 11.8 Å². The number of carbonyl (C=O) groups is 3. The van der Waals surface area contributed by atoms with Gasteiger partial charge in [-0.3, -0.25) is 19.4 Å². The van der Waals surface area contributed by atoms with Gasteiger partial charge < -0.3 is 29.3 Å². The summed E-state index contributed by atoms with van der Waals surface area (Å²) in [5.74, 6) is -0.443. The lowest BCUT2D eigenvalue weighted by Gasteiger charge is -2.36. The molecule has 1 aromatic heterocycles. The van der Waals surface area contributed by atoms with Crippen molar-refractivity contribution in [2.75, 3.05) is 52.9 Å². The second-order valence-corrected chi connectivity index (χ2v) is 8.98. The maximum Gasteiger partial charge on any atom is 0.257 e. The molecule has 2 heterocycles. The quantitative estimate of drug-likeness (QED) is 0.674. The van der Waals surface area contributed by atoms with E-state index in [4.69, 9.17) is 14.2 Å². The van der Waals surface area contributed by atoms with Crippen molar-refractivity contribution in [1.82, 2.24) is 14.8 Å². The fourth-order valence-corrected chi connectivity index (χ4v) is 4.12. The van der Waals surface area contributed by atoms with Crippen LogP contribution in [-0.2, 0) is 14.3 Å². The van der Waals surface area contributed by atoms with E-state index in [9.17, 15) is 14.4 Å². The topological polar surface area (TPSA) is 110 Å². The van der Waals surface area contributed by atoms with Crippen molar-refractivity contribution in [3.05, 3.63) is 53.9 Å². The number of nitrogens with zero attached hydrogens (tertiary/aromatic N) is 3. The maximum atomic E-state index is 13.4. The third-order valence-electron chi connectivity index (χ3n) is 6.19. The molecule has 194 valence electrons. The van der Waals surface area contributed by atoms with E-state index in [2.05, 4.69) is 10.3 Å². The number of rotatable bonds is 5. The number of ether oxygens (including phenoxy) is 3. The van der Waals surface area contributed by atoms with E-state index in [1.807, 2.05) is 13.8 Å². The minimum atomic E-state index is -0.325. The number of fused-ring (bicyclic) bond motifs is 1. The maximum absolute atomic E-state index is 13.4. The molecule has 0 bridgehead atoms. The molecule has 0 unspecified atom stereocenters. The van der Waals surface area contributed by atoms with E-state index in [1.165, 1.54) is 7.11 Å². The van der Waals surface area contributed by atoms with Crippen molar-refractivity contribution in [3.63, 3.8) is 0 Å². The van der Waals surface area contributed by atoms with Gasteiger partial charge in [-0.05, 0) is 31.2 Å². The number of carbonyl (C=O) groups excluding carboxylic acids is 3. The summed E-state index contributed by atoms with van der Waals surface area (Å²) >= 11 is 0. The molecule has 10 heteroatoms. The number of benzene rings is 1. The summed E-state index contributed by atoms with van der Waals surface area (Å²) in [7, 11) is 4.74. The van der Waals surface area contributed by atoms with Gasteiger partial charge in [-0.2, -0.15) is 0 Å². The average Bonchev–Trinajstić information content (AvgIpc) is 2.88. The first-order chi connectivity index (χ1) is 17.2. The summed E-state index contributed by atoms with van der Waals surface area (Å²) in [5, 5.41) is 2.73. The molecule has 1 aliphatic rings. The zero-order chi connectivity index (χ0) is 26.2. The Labute approximate surface area is 211 Å². The number of methoxy groups -OCH3 is 2. The molecule has 0 saturated heterocycles. The predicted molar refractivity (Wildman–Crippen MR) is 134 cm³/mol. The molecule has 1 aliphatic heterocycles. The van der Waals surface area contributed by atoms with Gasteiger partial charge in [-0.25, -0.2) is 0 Å². The fraction of sp³-hybridized carbons (Fsp3) is 0.462. The molecule has 3 amide bonds. The van der Waals surface area contributed by atoms with Crippen LogP contribution < -0.4 is 10.1 Å². The van der Waals surface area contributed by atoms with Crippen molar-refractivity contribution in [2.24, 2.45) is 5.92 Å². The highest BCUT2D eigenvalue weighted by Crippen LogP contribution is 2.27. The second kappa shape index (κ2) is 12.5. The molecular weight excluding hydrogens is 464 g/mol. The lowest BCUT2D eigenvalue weighted by atomic mass is 10.0. The standard InChI is InChI=1S/C26H34N4O6/c1-17-13-30(25(32)19-8-10-27-11-9-19)18(2)15-36-22-12-20(28-24(31)16-34-4)6-7-21(22)26(33)29(3)14-23(17)35-5/h6-12,17-18,23H,13-16H2,1-5H3,(H,28,31)/t17-,18-,23-/m0/s1. The fourth-order valence-electron chi connectivity index (χ4n) is 4.12. The van der Waals surface area contributed by atoms with Crippen molar-refractivity contribution in [3.8, 4) is 5.75 Å². The highest BCUT2D eigenvalue weighted by Gasteiger charge is 2.30. The Balaban J connectivity index is 1.97. The molecule has 10 nitrogen and oxygen atoms in total. The molecule has 0 saturated carbocycles. The third kappa shape index (κ3) is 6.58. The smallest absolute Gasteiger partial charge is 0.257 e. The average molecular weight is 499 g/mol. The van der Waals surface area contributed by atoms with Crippen LogP contribution in [0, 0.1) is 5.92 Å². The van der Waals surface area contributed by atoms with Crippen LogP contribution in [0.1, 0.15) is 34.6 Å². The van der Waals surface area contributed by atoms with E-state index in [-0.39, 0.29) is 49.0 Å². The van der Waals surface area contributed by atoms with Gasteiger partial charge in [0.15, 0.2) is 0 Å². The van der Waals surface area contributed by atoms with Crippen LogP contribution in [0.5, 0.6) is 5.75 Å². The van der Waals surface area contributed by atoms with E-state index in [1.54, 1.807) is 66.7 Å². The van der Waals surface area contributed by atoms with Crippen molar-refractivity contribution >= 4 is 23.4 Å². The van der Waals surface area contributed by atoms with Crippen LogP contribution in [0.15, 0.2) is 42.7 Å². The van der Waals surface area contributed by atoms with E-state index < -0.39 is 0 Å². The Kier molecular flexibility index (Phi) is 9.38. The molecule has 0 spiro atoms. The lowest BCUT2D eigenvalue weighted by Crippen LogP contribution is -2.48. The van der Waals surface area contributed by atoms with E-state index in [0.717, 1.165) is 0 Å². The van der Waals surface area contributed by atoms with Crippen LogP contribution in [0.4, 0.5) is 5.69 Å². The molecule has 0 fully saturated rings. The molecule has 0 aliphatic carbocycles. The lowest BCUT2D eigenvalue weighted by molar-refractivity contribution is -0.119. The summed E-state index contributed by atoms with van der Waals surface area (Å²) < 4.78 is 16.7. The van der Waals surface area contributed by atoms with Crippen LogP contribution >= 0.6 is 0 Å². The Bertz CT molecular complexity index is 1060. The van der Waals surface area contributed by atoms with Gasteiger partial charge >= 0.3 is 0 Å². The summed E-state index contributed by atoms with van der Waals surface area (Å²) in [6.07, 6.45) is 2.88. The second-order valence-electron chi connectivity index (χ2n) is 8.98. The zero-order valence-electron chi connectivity index (χ0n) is 21.4. The van der Waals surface area contributed by atoms with Crippen LogP contribution in [-0.4, -0.2) is 92.2 Å². The summed E-state index contributed by atoms with van der Waals surface area (Å²) in [6, 6.07) is 7.92. The van der Waals surface area contributed by atoms with Crippen LogP contribution in [0.25, 0.3) is 0 Å². The Morgan fingerprint density at radius 3 is 2.53 bits per heavy atom. The minimum Gasteiger partial charge on any atom is -0.491 e. The largest absolute Gasteiger partial charge is 0.491 e. The predicted octanol–water partition coefficient (Wildman–Crippen LogP) is 2.31. The highest BCUT2D eigenvalue weighted by molar-refractivity contribution is 5.98. The van der Waals surface area contributed by atoms with Crippen LogP contribution in [0.2, 0.25) is 0 Å². The Morgan fingerprint density at radius 1 is 1.14 bits per heavy atom. The number of hydrogen-bond donors (Lipinski definition) is 1. The minimum absolute atomic E-state index is 0.0595. The number of nitrogens with one attached hydrogen (secondary N) is 1. The van der Waals surface area contributed by atoms with Gasteiger partial charge in [-0.1, -0.05) is 6.92 Å². The first-order valence-electron chi connectivity index (χ1n) is 11.8. The first kappa shape index (κ1) is 27.1. The monoisotopic (exact) mass is 498 g/mol. The number of pyridine rings is 1. The SMILES string of the molecule is COCC(=O)Nc1ccc2c(c1)OC[C@H](C)N(C(=O)c1ccncc1)C[C@H](C)[C@@H](OC)CN(C)C2=O. The summed E-state index contributed by atoms with van der Waals surface area (Å²) in [4.78, 5) is 46.1. The molecule has 36 heavy (non-hydrogen) atoms. The molecular formula is C26H34N4O6. The van der Waals surface area contributed by atoms with Crippen molar-refractivity contribution in [2.45, 2.75) is 26.0 Å². The molecule has 3 rings (SSSR count). The van der Waals surface area contributed by atoms with Crippen LogP contribution in [0.3, 0.4) is 0 Å². The number of amides is 3. The number of likely N-dealkylation sites (N-methyl/N-ethyl adjacent to an activating group) is 1. The van der Waals surface area contributed by atoms with E-state index >= 15 is 0 Å². The molecule has 2 aromatic rings. The molecule has 1 N–H and O–H groups in total. The van der Waals surface area contributed by atoms with Crippen molar-refractivity contribution < 1.29 is 28.6 Å². The Morgan fingerprint density at radius 2 is 1.86 bits per heavy atom. The van der Waals surface area contributed by atoms with Crippen molar-refractivity contribution in [1.29, 1.82) is 0 Å². The molecule has 3 atom stereocenters. The number of anilines is 1. The first-order valence-corrected chi connectivity index (χ1v) is 11.8. The number of aromatic nitrogens is 1. The zero-order valence-corrected chi connectivity index (χ0v) is 21.4. The van der Waals surface area contributed by atoms with Gasteiger partial charge in [0, 0.05) is 70.0 Å². The normalized spacial score (nSPS) is 21.0. The summed E-state index contributed by atoms with van der Waals surface area (Å²) in [5.41, 5.74) is 1.35. The highest BCUT2D eigenvalue weighted by atomic mass is 16.5. The molecule has 1 aromatic carbocycles. The van der Waals surface area contributed by atoms with Gasteiger partial charge in [0.2, 0.25) is 5.91 Å². The molecule has 0 radical (unpaired) electrons. The van der Waals surface area contributed by atoms with Gasteiger partial charge in [0.1, 0.15) is 19.0 Å². The van der Waals surface area contributed by atoms with Gasteiger partial charge in [0.05, 0.1) is 17.7 Å². The number of hydrogen-bond acceptors (Lipinski definition) is 7. The Hall–Kier alpha value is -3.50. The summed E-state index contributed by atoms with van der Waals surface area (Å²) in [6.45, 7) is 4.68. The third-order valence-corrected chi connectivity index (χ3v) is 6.19. The van der Waals surface area contributed by atoms with Gasteiger partial charge in [-0.15, -0.1) is 0 Å². The van der Waals surface area contributed by atoms with E-state index in [0.29, 0.717) is 35.7 Å².